The van der Waals surface area contributed by atoms with E-state index >= 15 is 0 Å². The van der Waals surface area contributed by atoms with Crippen LogP contribution < -0.4 is 14.9 Å². The van der Waals surface area contributed by atoms with E-state index in [0.717, 1.165) is 16.1 Å². The second kappa shape index (κ2) is 10.9. The molecule has 0 radical (unpaired) electrons. The molecule has 0 saturated heterocycles. The Morgan fingerprint density at radius 2 is 1.47 bits per heavy atom. The Morgan fingerprint density at radius 1 is 0.861 bits per heavy atom. The maximum atomic E-state index is 12.7. The summed E-state index contributed by atoms with van der Waals surface area (Å²) in [6.07, 6.45) is 0.993. The van der Waals surface area contributed by atoms with Crippen LogP contribution in [0, 0.1) is 0 Å². The summed E-state index contributed by atoms with van der Waals surface area (Å²) in [6.45, 7) is 5.82. The van der Waals surface area contributed by atoms with Crippen LogP contribution in [0.2, 0.25) is 10.0 Å². The van der Waals surface area contributed by atoms with E-state index in [0.29, 0.717) is 16.9 Å². The molecule has 0 unspecified atom stereocenters. The van der Waals surface area contributed by atoms with Crippen molar-refractivity contribution in [3.8, 4) is 0 Å². The third kappa shape index (κ3) is 7.22. The molecule has 3 aromatic rings. The summed E-state index contributed by atoms with van der Waals surface area (Å²) < 4.78 is 25.6. The van der Waals surface area contributed by atoms with Crippen LogP contribution in [0.4, 0.5) is 17.1 Å². The van der Waals surface area contributed by atoms with Gasteiger partial charge in [0.1, 0.15) is 6.54 Å². The molecular formula is C26H27Cl2N3O4S. The average Bonchev–Trinajstić information content (AvgIpc) is 2.78. The lowest BCUT2D eigenvalue weighted by Gasteiger charge is -2.22. The molecule has 7 nitrogen and oxygen atoms in total. The molecule has 3 aromatic carbocycles. The minimum atomic E-state index is -3.79. The molecule has 0 aliphatic carbocycles. The van der Waals surface area contributed by atoms with Crippen LogP contribution in [0.1, 0.15) is 36.7 Å². The third-order valence-corrected chi connectivity index (χ3v) is 7.18. The summed E-state index contributed by atoms with van der Waals surface area (Å²) in [7, 11) is -3.79. The van der Waals surface area contributed by atoms with E-state index in [1.165, 1.54) is 18.2 Å². The number of carbonyl (C=O) groups excluding carboxylic acids is 2. The number of nitrogens with one attached hydrogen (secondary N) is 2. The molecule has 0 bridgehead atoms. The number of rotatable bonds is 7. The van der Waals surface area contributed by atoms with Gasteiger partial charge in [-0.25, -0.2) is 8.42 Å². The summed E-state index contributed by atoms with van der Waals surface area (Å²) in [5.74, 6) is -0.866. The van der Waals surface area contributed by atoms with Gasteiger partial charge in [-0.3, -0.25) is 13.9 Å². The van der Waals surface area contributed by atoms with E-state index in [2.05, 4.69) is 31.4 Å². The van der Waals surface area contributed by atoms with Crippen LogP contribution >= 0.6 is 23.2 Å². The first-order valence-electron chi connectivity index (χ1n) is 11.0. The summed E-state index contributed by atoms with van der Waals surface area (Å²) in [5.41, 5.74) is 2.68. The van der Waals surface area contributed by atoms with Crippen molar-refractivity contribution in [3.63, 3.8) is 0 Å². The van der Waals surface area contributed by atoms with Gasteiger partial charge in [-0.1, -0.05) is 62.2 Å². The molecule has 0 aromatic heterocycles. The molecule has 0 spiro atoms. The normalized spacial score (nSPS) is 11.6. The number of amides is 2. The molecule has 0 saturated carbocycles. The van der Waals surface area contributed by atoms with Gasteiger partial charge in [0, 0.05) is 16.9 Å². The van der Waals surface area contributed by atoms with Gasteiger partial charge in [-0.2, -0.15) is 0 Å². The summed E-state index contributed by atoms with van der Waals surface area (Å²) in [4.78, 5) is 25.4. The number of benzene rings is 3. The van der Waals surface area contributed by atoms with E-state index in [-0.39, 0.29) is 27.1 Å². The fraction of sp³-hybridized carbons (Fsp3) is 0.231. The van der Waals surface area contributed by atoms with Gasteiger partial charge >= 0.3 is 0 Å². The number of carbonyl (C=O) groups is 2. The van der Waals surface area contributed by atoms with E-state index in [1.54, 1.807) is 36.4 Å². The van der Waals surface area contributed by atoms with Gasteiger partial charge < -0.3 is 10.6 Å². The zero-order chi connectivity index (χ0) is 26.7. The lowest BCUT2D eigenvalue weighted by Crippen LogP contribution is -2.37. The quantitative estimate of drug-likeness (QED) is 0.382. The highest BCUT2D eigenvalue weighted by atomic mass is 35.5. The molecule has 0 atom stereocenters. The van der Waals surface area contributed by atoms with Crippen molar-refractivity contribution < 1.29 is 18.0 Å². The predicted molar refractivity (Wildman–Crippen MR) is 147 cm³/mol. The highest BCUT2D eigenvalue weighted by Gasteiger charge is 2.22. The number of sulfonamides is 1. The Hall–Kier alpha value is -3.07. The molecular weight excluding hydrogens is 521 g/mol. The Bertz CT molecular complexity index is 1390. The fourth-order valence-electron chi connectivity index (χ4n) is 3.37. The average molecular weight is 548 g/mol. The number of nitrogens with zero attached hydrogens (tertiary/aromatic N) is 1. The standard InChI is InChI=1S/C26H27Cl2N3O4S/c1-26(2,3)18-10-8-17(9-11-18)25(33)30-20-7-5-6-19(14-20)29-24(32)16-31(36(4,34)35)21-12-13-22(27)23(28)15-21/h5-15H,16H2,1-4H3,(H,29,32)(H,30,33). The fourth-order valence-corrected chi connectivity index (χ4v) is 4.51. The lowest BCUT2D eigenvalue weighted by molar-refractivity contribution is -0.114. The predicted octanol–water partition coefficient (Wildman–Crippen LogP) is 5.95. The van der Waals surface area contributed by atoms with Gasteiger partial charge in [0.15, 0.2) is 0 Å². The number of hydrogen-bond donors (Lipinski definition) is 2. The molecule has 0 fully saturated rings. The highest BCUT2D eigenvalue weighted by Crippen LogP contribution is 2.28. The zero-order valence-corrected chi connectivity index (χ0v) is 22.6. The summed E-state index contributed by atoms with van der Waals surface area (Å²) in [6, 6.07) is 18.3. The van der Waals surface area contributed by atoms with Crippen molar-refractivity contribution in [2.75, 3.05) is 27.7 Å². The molecule has 10 heteroatoms. The van der Waals surface area contributed by atoms with Crippen molar-refractivity contribution in [1.82, 2.24) is 0 Å². The molecule has 0 aliphatic heterocycles. The van der Waals surface area contributed by atoms with Gasteiger partial charge in [-0.05, 0) is 59.5 Å². The lowest BCUT2D eigenvalue weighted by atomic mass is 9.87. The van der Waals surface area contributed by atoms with Gasteiger partial charge in [0.2, 0.25) is 15.9 Å². The summed E-state index contributed by atoms with van der Waals surface area (Å²) in [5, 5.41) is 5.90. The Balaban J connectivity index is 1.70. The first-order valence-corrected chi connectivity index (χ1v) is 13.6. The molecule has 0 aliphatic rings. The maximum absolute atomic E-state index is 12.7. The monoisotopic (exact) mass is 547 g/mol. The molecule has 0 heterocycles. The van der Waals surface area contributed by atoms with E-state index in [1.807, 2.05) is 12.1 Å². The third-order valence-electron chi connectivity index (χ3n) is 5.30. The summed E-state index contributed by atoms with van der Waals surface area (Å²) >= 11 is 11.9. The first-order chi connectivity index (χ1) is 16.7. The first kappa shape index (κ1) is 27.5. The molecule has 3 rings (SSSR count). The Morgan fingerprint density at radius 3 is 2.03 bits per heavy atom. The van der Waals surface area contributed by atoms with Crippen LogP contribution in [0.25, 0.3) is 0 Å². The van der Waals surface area contributed by atoms with Crippen LogP contribution in [-0.2, 0) is 20.2 Å². The second-order valence-electron chi connectivity index (χ2n) is 9.28. The number of hydrogen-bond acceptors (Lipinski definition) is 4. The van der Waals surface area contributed by atoms with Crippen molar-refractivity contribution in [2.24, 2.45) is 0 Å². The van der Waals surface area contributed by atoms with E-state index in [4.69, 9.17) is 23.2 Å². The Kier molecular flexibility index (Phi) is 8.33. The van der Waals surface area contributed by atoms with Crippen LogP contribution in [0.5, 0.6) is 0 Å². The molecule has 2 amide bonds. The molecule has 36 heavy (non-hydrogen) atoms. The SMILES string of the molecule is CC(C)(C)c1ccc(C(=O)Nc2cccc(NC(=O)CN(c3ccc(Cl)c(Cl)c3)S(C)(=O)=O)c2)cc1. The number of anilines is 3. The molecule has 190 valence electrons. The largest absolute Gasteiger partial charge is 0.324 e. The van der Waals surface area contributed by atoms with Crippen molar-refractivity contribution in [3.05, 3.63) is 87.9 Å². The smallest absolute Gasteiger partial charge is 0.255 e. The molecule has 2 N–H and O–H groups in total. The van der Waals surface area contributed by atoms with Crippen molar-refractivity contribution in [1.29, 1.82) is 0 Å². The van der Waals surface area contributed by atoms with Gasteiger partial charge in [-0.15, -0.1) is 0 Å². The second-order valence-corrected chi connectivity index (χ2v) is 12.0. The minimum absolute atomic E-state index is 0.0198. The Labute approximate surface area is 221 Å². The zero-order valence-electron chi connectivity index (χ0n) is 20.3. The topological polar surface area (TPSA) is 95.6 Å². The highest BCUT2D eigenvalue weighted by molar-refractivity contribution is 7.92. The van der Waals surface area contributed by atoms with Crippen LogP contribution in [-0.4, -0.2) is 33.0 Å². The van der Waals surface area contributed by atoms with Crippen molar-refractivity contribution >= 4 is 62.1 Å². The number of halogens is 2. The van der Waals surface area contributed by atoms with Crippen LogP contribution in [0.15, 0.2) is 66.7 Å². The van der Waals surface area contributed by atoms with E-state index in [9.17, 15) is 18.0 Å². The maximum Gasteiger partial charge on any atom is 0.255 e. The minimum Gasteiger partial charge on any atom is -0.324 e. The van der Waals surface area contributed by atoms with Gasteiger partial charge in [0.25, 0.3) is 5.91 Å². The van der Waals surface area contributed by atoms with Crippen molar-refractivity contribution in [2.45, 2.75) is 26.2 Å². The van der Waals surface area contributed by atoms with Gasteiger partial charge in [0.05, 0.1) is 22.0 Å². The van der Waals surface area contributed by atoms with Crippen LogP contribution in [0.3, 0.4) is 0 Å². The van der Waals surface area contributed by atoms with E-state index < -0.39 is 22.5 Å².